The zero-order valence-electron chi connectivity index (χ0n) is 28.7. The highest BCUT2D eigenvalue weighted by atomic mass is 35.5. The van der Waals surface area contributed by atoms with E-state index in [1.165, 1.54) is 21.9 Å². The van der Waals surface area contributed by atoms with Gasteiger partial charge in [-0.25, -0.2) is 13.2 Å². The van der Waals surface area contributed by atoms with Gasteiger partial charge in [-0.3, -0.25) is 14.5 Å². The Morgan fingerprint density at radius 1 is 0.940 bits per heavy atom. The second kappa shape index (κ2) is 14.1. The largest absolute Gasteiger partial charge is 0.403 e. The standard InChI is InChI=1S/C36H45F3N4O5S.ClH/c1-25(2)20-43-33(46)42(21-26-10-12-29(13-11-26)49(3,47)48)32(45)35(43)16-18-40(19-17-35)22-28-23-41(24-30(28)27-8-5-4-6-9-27)31(44)34(14-7-15-34)36(37,38)39;/h4-6,8-13,25,28,30H,7,14-24H2,1-3H3;1H. The van der Waals surface area contributed by atoms with Gasteiger partial charge >= 0.3 is 12.2 Å². The highest BCUT2D eigenvalue weighted by Gasteiger charge is 2.65. The number of sulfone groups is 1. The lowest BCUT2D eigenvalue weighted by Gasteiger charge is -2.44. The van der Waals surface area contributed by atoms with E-state index in [2.05, 4.69) is 4.90 Å². The molecule has 2 aromatic rings. The summed E-state index contributed by atoms with van der Waals surface area (Å²) in [6.45, 7) is 6.50. The summed E-state index contributed by atoms with van der Waals surface area (Å²) in [4.78, 5) is 48.2. The number of carbonyl (C=O) groups is 3. The van der Waals surface area contributed by atoms with Gasteiger partial charge in [-0.15, -0.1) is 12.4 Å². The minimum atomic E-state index is -4.58. The fourth-order valence-electron chi connectivity index (χ4n) is 8.24. The second-order valence-electron chi connectivity index (χ2n) is 14.8. The lowest BCUT2D eigenvalue weighted by atomic mass is 9.67. The van der Waals surface area contributed by atoms with Crippen molar-refractivity contribution in [2.45, 2.75) is 75.0 Å². The maximum Gasteiger partial charge on any atom is 0.403 e. The SMILES string of the molecule is CC(C)CN1C(=O)N(Cc2ccc(S(C)(=O)=O)cc2)C(=O)C12CCN(CC1CN(C(=O)C3(C(F)(F)F)CCC3)CC1c1ccccc1)CC2.Cl. The predicted octanol–water partition coefficient (Wildman–Crippen LogP) is 5.74. The molecule has 0 N–H and O–H groups in total. The van der Waals surface area contributed by atoms with Crippen LogP contribution in [0.1, 0.15) is 63.0 Å². The molecule has 2 aromatic carbocycles. The lowest BCUT2D eigenvalue weighted by Crippen LogP contribution is -2.57. The fourth-order valence-corrected chi connectivity index (χ4v) is 8.87. The first kappa shape index (κ1) is 38.1. The number of piperidine rings is 1. The summed E-state index contributed by atoms with van der Waals surface area (Å²) < 4.78 is 66.2. The number of carbonyl (C=O) groups excluding carboxylic acids is 3. The average molecular weight is 739 g/mol. The Morgan fingerprint density at radius 3 is 2.08 bits per heavy atom. The van der Waals surface area contributed by atoms with Crippen LogP contribution >= 0.6 is 12.4 Å². The number of imide groups is 1. The van der Waals surface area contributed by atoms with Crippen LogP contribution in [0.25, 0.3) is 0 Å². The third-order valence-corrected chi connectivity index (χ3v) is 12.3. The number of hydrogen-bond donors (Lipinski definition) is 0. The van der Waals surface area contributed by atoms with Crippen LogP contribution in [0.4, 0.5) is 18.0 Å². The first-order valence-electron chi connectivity index (χ1n) is 17.1. The number of benzene rings is 2. The van der Waals surface area contributed by atoms with Crippen molar-refractivity contribution in [2.75, 3.05) is 45.5 Å². The predicted molar refractivity (Wildman–Crippen MR) is 184 cm³/mol. The van der Waals surface area contributed by atoms with E-state index in [0.717, 1.165) is 11.8 Å². The molecule has 0 bridgehead atoms. The maximum absolute atomic E-state index is 14.1. The molecule has 6 rings (SSSR count). The first-order chi connectivity index (χ1) is 23.1. The summed E-state index contributed by atoms with van der Waals surface area (Å²) in [6.07, 6.45) is -2.57. The van der Waals surface area contributed by atoms with E-state index in [-0.39, 0.29) is 79.5 Å². The molecular weight excluding hydrogens is 693 g/mol. The molecule has 3 heterocycles. The van der Waals surface area contributed by atoms with Crippen molar-refractivity contribution in [3.05, 3.63) is 65.7 Å². The molecular formula is C36H46ClF3N4O5S. The lowest BCUT2D eigenvalue weighted by molar-refractivity contribution is -0.248. The minimum Gasteiger partial charge on any atom is -0.341 e. The number of nitrogens with zero attached hydrogens (tertiary/aromatic N) is 4. The molecule has 4 fully saturated rings. The van der Waals surface area contributed by atoms with E-state index in [1.54, 1.807) is 17.0 Å². The van der Waals surface area contributed by atoms with Crippen molar-refractivity contribution in [3.8, 4) is 0 Å². The van der Waals surface area contributed by atoms with Gasteiger partial charge in [-0.1, -0.05) is 62.7 Å². The van der Waals surface area contributed by atoms with Crippen LogP contribution in [0.3, 0.4) is 0 Å². The molecule has 1 spiro atoms. The number of hydrogen-bond acceptors (Lipinski definition) is 6. The van der Waals surface area contributed by atoms with Crippen molar-refractivity contribution >= 4 is 40.1 Å². The molecule has 274 valence electrons. The Kier molecular flexibility index (Phi) is 10.7. The van der Waals surface area contributed by atoms with E-state index in [1.807, 2.05) is 44.2 Å². The zero-order chi connectivity index (χ0) is 35.4. The molecule has 3 saturated heterocycles. The molecule has 0 radical (unpaired) electrons. The van der Waals surface area contributed by atoms with Crippen LogP contribution in [0.2, 0.25) is 0 Å². The Balaban J connectivity index is 0.00000486. The van der Waals surface area contributed by atoms with Crippen molar-refractivity contribution in [2.24, 2.45) is 17.3 Å². The van der Waals surface area contributed by atoms with Crippen LogP contribution < -0.4 is 0 Å². The number of likely N-dealkylation sites (tertiary alicyclic amines) is 2. The van der Waals surface area contributed by atoms with E-state index < -0.39 is 32.9 Å². The molecule has 1 aliphatic carbocycles. The fraction of sp³-hybridized carbons (Fsp3) is 0.583. The van der Waals surface area contributed by atoms with Gasteiger partial charge in [0.25, 0.3) is 5.91 Å². The Bertz CT molecular complexity index is 1680. The normalized spacial score (nSPS) is 23.8. The van der Waals surface area contributed by atoms with Crippen molar-refractivity contribution in [3.63, 3.8) is 0 Å². The molecule has 2 atom stereocenters. The second-order valence-corrected chi connectivity index (χ2v) is 16.9. The third-order valence-electron chi connectivity index (χ3n) is 11.2. The van der Waals surface area contributed by atoms with Crippen molar-refractivity contribution < 1.29 is 36.0 Å². The average Bonchev–Trinajstić information content (AvgIpc) is 3.51. The van der Waals surface area contributed by atoms with Crippen molar-refractivity contribution in [1.29, 1.82) is 0 Å². The van der Waals surface area contributed by atoms with E-state index in [0.29, 0.717) is 51.0 Å². The van der Waals surface area contributed by atoms with Gasteiger partial charge in [0, 0.05) is 51.4 Å². The van der Waals surface area contributed by atoms with Crippen LogP contribution in [0, 0.1) is 17.3 Å². The highest BCUT2D eigenvalue weighted by molar-refractivity contribution is 7.90. The molecule has 1 saturated carbocycles. The molecule has 50 heavy (non-hydrogen) atoms. The summed E-state index contributed by atoms with van der Waals surface area (Å²) in [7, 11) is -3.39. The van der Waals surface area contributed by atoms with Gasteiger partial charge in [0.1, 0.15) is 11.0 Å². The third kappa shape index (κ3) is 6.89. The summed E-state index contributed by atoms with van der Waals surface area (Å²) in [6, 6.07) is 15.5. The maximum atomic E-state index is 14.1. The van der Waals surface area contributed by atoms with Crippen LogP contribution in [0.5, 0.6) is 0 Å². The summed E-state index contributed by atoms with van der Waals surface area (Å²) in [5.74, 6) is -1.17. The monoisotopic (exact) mass is 738 g/mol. The Labute approximate surface area is 298 Å². The first-order valence-corrected chi connectivity index (χ1v) is 19.0. The number of urea groups is 1. The van der Waals surface area contributed by atoms with E-state index in [4.69, 9.17) is 0 Å². The number of halogens is 4. The van der Waals surface area contributed by atoms with Crippen LogP contribution in [0.15, 0.2) is 59.5 Å². The molecule has 0 aromatic heterocycles. The molecule has 14 heteroatoms. The quantitative estimate of drug-likeness (QED) is 0.305. The molecule has 3 aliphatic heterocycles. The van der Waals surface area contributed by atoms with E-state index >= 15 is 0 Å². The van der Waals surface area contributed by atoms with Gasteiger partial charge in [0.05, 0.1) is 11.4 Å². The van der Waals surface area contributed by atoms with Crippen LogP contribution in [-0.4, -0.2) is 103 Å². The van der Waals surface area contributed by atoms with Gasteiger partial charge in [-0.05, 0) is 60.8 Å². The van der Waals surface area contributed by atoms with Gasteiger partial charge in [-0.2, -0.15) is 13.2 Å². The molecule has 4 aliphatic rings. The zero-order valence-corrected chi connectivity index (χ0v) is 30.3. The minimum absolute atomic E-state index is 0. The summed E-state index contributed by atoms with van der Waals surface area (Å²) in [5.41, 5.74) is -1.65. The smallest absolute Gasteiger partial charge is 0.341 e. The Morgan fingerprint density at radius 2 is 1.56 bits per heavy atom. The summed E-state index contributed by atoms with van der Waals surface area (Å²) in [5, 5.41) is 0. The number of rotatable bonds is 9. The molecule has 4 amide bonds. The highest BCUT2D eigenvalue weighted by Crippen LogP contribution is 2.55. The van der Waals surface area contributed by atoms with E-state index in [9.17, 15) is 36.0 Å². The number of amides is 4. The number of alkyl halides is 3. The van der Waals surface area contributed by atoms with Gasteiger partial charge < -0.3 is 14.7 Å². The molecule has 9 nitrogen and oxygen atoms in total. The van der Waals surface area contributed by atoms with Crippen molar-refractivity contribution in [1.82, 2.24) is 19.6 Å². The molecule has 2 unspecified atom stereocenters. The topological polar surface area (TPSA) is 98.3 Å². The van der Waals surface area contributed by atoms with Crippen LogP contribution in [-0.2, 0) is 26.0 Å². The van der Waals surface area contributed by atoms with Gasteiger partial charge in [0.2, 0.25) is 5.91 Å². The summed E-state index contributed by atoms with van der Waals surface area (Å²) >= 11 is 0. The van der Waals surface area contributed by atoms with Gasteiger partial charge in [0.15, 0.2) is 9.84 Å². The Hall–Kier alpha value is -3.16.